The molecule has 0 aliphatic carbocycles. The molecule has 150 valence electrons. The van der Waals surface area contributed by atoms with Crippen molar-refractivity contribution in [3.63, 3.8) is 0 Å². The number of carbonyl (C=O) groups is 1. The summed E-state index contributed by atoms with van der Waals surface area (Å²) in [6.07, 6.45) is 5.93. The quantitative estimate of drug-likeness (QED) is 0.662. The van der Waals surface area contributed by atoms with Crippen LogP contribution in [0.3, 0.4) is 0 Å². The topological polar surface area (TPSA) is 58.1 Å². The number of piperidine rings is 1. The molecule has 1 saturated heterocycles. The molecule has 5 nitrogen and oxygen atoms in total. The summed E-state index contributed by atoms with van der Waals surface area (Å²) >= 11 is 0. The Morgan fingerprint density at radius 2 is 2.10 bits per heavy atom. The van der Waals surface area contributed by atoms with Crippen LogP contribution in [0.1, 0.15) is 54.7 Å². The Balaban J connectivity index is 1.81. The number of rotatable bonds is 4. The molecule has 4 rings (SSSR count). The third kappa shape index (κ3) is 3.95. The molecule has 29 heavy (non-hydrogen) atoms. The molecule has 0 saturated carbocycles. The van der Waals surface area contributed by atoms with Crippen molar-refractivity contribution in [2.75, 3.05) is 11.9 Å². The second-order valence-electron chi connectivity index (χ2n) is 7.89. The molecule has 3 aromatic rings. The molecule has 1 aromatic carbocycles. The van der Waals surface area contributed by atoms with Crippen molar-refractivity contribution in [1.29, 1.82) is 0 Å². The minimum Gasteiger partial charge on any atom is -0.354 e. The Morgan fingerprint density at radius 1 is 1.24 bits per heavy atom. The van der Waals surface area contributed by atoms with Crippen LogP contribution < -0.4 is 5.32 Å². The van der Waals surface area contributed by atoms with E-state index in [-0.39, 0.29) is 11.9 Å². The van der Waals surface area contributed by atoms with Crippen molar-refractivity contribution in [3.8, 4) is 0 Å². The van der Waals surface area contributed by atoms with Gasteiger partial charge in [-0.15, -0.1) is 0 Å². The lowest BCUT2D eigenvalue weighted by atomic mass is 10.0. The average Bonchev–Trinajstić information content (AvgIpc) is 2.74. The lowest BCUT2D eigenvalue weighted by Gasteiger charge is -2.34. The molecule has 0 unspecified atom stereocenters. The number of carbonyl (C=O) groups excluding carboxylic acids is 1. The molecule has 2 aromatic heterocycles. The van der Waals surface area contributed by atoms with E-state index in [0.717, 1.165) is 48.3 Å². The van der Waals surface area contributed by atoms with Gasteiger partial charge >= 0.3 is 0 Å². The van der Waals surface area contributed by atoms with E-state index in [4.69, 9.17) is 0 Å². The number of amides is 1. The SMILES string of the molecule is CCc1cccc(Nc2c(C(=O)N3CCCC[C@@H]3C)cnc3nc(C)ccc23)c1. The van der Waals surface area contributed by atoms with E-state index in [1.54, 1.807) is 6.20 Å². The maximum Gasteiger partial charge on any atom is 0.257 e. The highest BCUT2D eigenvalue weighted by atomic mass is 16.2. The fourth-order valence-electron chi connectivity index (χ4n) is 4.04. The monoisotopic (exact) mass is 388 g/mol. The van der Waals surface area contributed by atoms with Gasteiger partial charge in [-0.05, 0) is 69.4 Å². The minimum atomic E-state index is 0.0429. The number of benzene rings is 1. The first-order chi connectivity index (χ1) is 14.1. The van der Waals surface area contributed by atoms with Gasteiger partial charge in [0, 0.05) is 35.6 Å². The van der Waals surface area contributed by atoms with Crippen LogP contribution >= 0.6 is 0 Å². The Bertz CT molecular complexity index is 1050. The maximum atomic E-state index is 13.5. The molecule has 3 heterocycles. The predicted octanol–water partition coefficient (Wildman–Crippen LogP) is 5.26. The predicted molar refractivity (Wildman–Crippen MR) is 118 cm³/mol. The Kier molecular flexibility index (Phi) is 5.47. The van der Waals surface area contributed by atoms with Crippen molar-refractivity contribution in [1.82, 2.24) is 14.9 Å². The smallest absolute Gasteiger partial charge is 0.257 e. The molecule has 0 spiro atoms. The molecule has 1 atom stereocenters. The van der Waals surface area contributed by atoms with E-state index in [9.17, 15) is 4.79 Å². The first-order valence-corrected chi connectivity index (χ1v) is 10.5. The Labute approximate surface area is 172 Å². The molecule has 0 bridgehead atoms. The van der Waals surface area contributed by atoms with E-state index in [1.807, 2.05) is 36.1 Å². The number of anilines is 2. The highest BCUT2D eigenvalue weighted by molar-refractivity contribution is 6.07. The normalized spacial score (nSPS) is 16.8. The number of nitrogens with zero attached hydrogens (tertiary/aromatic N) is 3. The number of hydrogen-bond donors (Lipinski definition) is 1. The van der Waals surface area contributed by atoms with Gasteiger partial charge in [-0.3, -0.25) is 4.79 Å². The molecule has 1 aliphatic rings. The lowest BCUT2D eigenvalue weighted by Crippen LogP contribution is -2.42. The van der Waals surface area contributed by atoms with Crippen molar-refractivity contribution < 1.29 is 4.79 Å². The zero-order chi connectivity index (χ0) is 20.4. The molecule has 0 radical (unpaired) electrons. The van der Waals surface area contributed by atoms with E-state index in [0.29, 0.717) is 11.2 Å². The molecule has 1 aliphatic heterocycles. The second-order valence-corrected chi connectivity index (χ2v) is 7.89. The van der Waals surface area contributed by atoms with Gasteiger partial charge in [0.25, 0.3) is 5.91 Å². The number of fused-ring (bicyclic) bond motifs is 1. The van der Waals surface area contributed by atoms with Crippen LogP contribution in [-0.2, 0) is 6.42 Å². The van der Waals surface area contributed by atoms with Gasteiger partial charge in [-0.1, -0.05) is 19.1 Å². The van der Waals surface area contributed by atoms with Gasteiger partial charge in [0.2, 0.25) is 0 Å². The van der Waals surface area contributed by atoms with Gasteiger partial charge in [0.1, 0.15) is 0 Å². The van der Waals surface area contributed by atoms with Gasteiger partial charge in [0.05, 0.1) is 11.3 Å². The second kappa shape index (κ2) is 8.19. The van der Waals surface area contributed by atoms with Crippen molar-refractivity contribution in [2.24, 2.45) is 0 Å². The summed E-state index contributed by atoms with van der Waals surface area (Å²) in [5, 5.41) is 4.39. The van der Waals surface area contributed by atoms with Gasteiger partial charge in [-0.2, -0.15) is 0 Å². The Hall–Kier alpha value is -2.95. The highest BCUT2D eigenvalue weighted by Gasteiger charge is 2.27. The van der Waals surface area contributed by atoms with E-state index >= 15 is 0 Å². The van der Waals surface area contributed by atoms with Gasteiger partial charge in [-0.25, -0.2) is 9.97 Å². The fraction of sp³-hybridized carbons (Fsp3) is 0.375. The molecule has 1 amide bonds. The zero-order valence-corrected chi connectivity index (χ0v) is 17.4. The summed E-state index contributed by atoms with van der Waals surface area (Å²) in [6, 6.07) is 12.5. The number of hydrogen-bond acceptors (Lipinski definition) is 4. The summed E-state index contributed by atoms with van der Waals surface area (Å²) in [4.78, 5) is 24.6. The van der Waals surface area contributed by atoms with Crippen LogP contribution in [0.15, 0.2) is 42.6 Å². The van der Waals surface area contributed by atoms with Gasteiger partial charge in [0.15, 0.2) is 5.65 Å². The number of aryl methyl sites for hydroxylation is 2. The third-order valence-electron chi connectivity index (χ3n) is 5.77. The van der Waals surface area contributed by atoms with Gasteiger partial charge < -0.3 is 10.2 Å². The molecule has 1 fully saturated rings. The molecule has 5 heteroatoms. The first-order valence-electron chi connectivity index (χ1n) is 10.5. The van der Waals surface area contributed by atoms with Crippen molar-refractivity contribution in [3.05, 3.63) is 59.4 Å². The van der Waals surface area contributed by atoms with Crippen LogP contribution in [0.25, 0.3) is 11.0 Å². The summed E-state index contributed by atoms with van der Waals surface area (Å²) in [5.74, 6) is 0.0429. The van der Waals surface area contributed by atoms with Crippen LogP contribution in [0.4, 0.5) is 11.4 Å². The standard InChI is InChI=1S/C24H28N4O/c1-4-18-9-7-10-19(14-18)27-22-20-12-11-16(2)26-23(20)25-15-21(22)24(29)28-13-6-5-8-17(28)3/h7,9-12,14-15,17H,4-6,8,13H2,1-3H3,(H,25,26,27)/t17-/m0/s1. The number of pyridine rings is 2. The van der Waals surface area contributed by atoms with E-state index in [1.165, 1.54) is 12.0 Å². The first kappa shape index (κ1) is 19.4. The number of nitrogens with one attached hydrogen (secondary N) is 1. The summed E-state index contributed by atoms with van der Waals surface area (Å²) in [5.41, 5.74) is 5.19. The third-order valence-corrected chi connectivity index (χ3v) is 5.77. The lowest BCUT2D eigenvalue weighted by molar-refractivity contribution is 0.0636. The van der Waals surface area contributed by atoms with Crippen LogP contribution in [0.5, 0.6) is 0 Å². The maximum absolute atomic E-state index is 13.5. The molecule has 1 N–H and O–H groups in total. The van der Waals surface area contributed by atoms with Crippen molar-refractivity contribution >= 4 is 28.3 Å². The van der Waals surface area contributed by atoms with Crippen LogP contribution in [0.2, 0.25) is 0 Å². The number of likely N-dealkylation sites (tertiary alicyclic amines) is 1. The average molecular weight is 389 g/mol. The van der Waals surface area contributed by atoms with Crippen molar-refractivity contribution in [2.45, 2.75) is 52.5 Å². The number of aromatic nitrogens is 2. The summed E-state index contributed by atoms with van der Waals surface area (Å²) < 4.78 is 0. The van der Waals surface area contributed by atoms with E-state index in [2.05, 4.69) is 41.3 Å². The van der Waals surface area contributed by atoms with Crippen LogP contribution in [0, 0.1) is 6.92 Å². The van der Waals surface area contributed by atoms with Crippen LogP contribution in [-0.4, -0.2) is 33.4 Å². The summed E-state index contributed by atoms with van der Waals surface area (Å²) in [7, 11) is 0. The molecular formula is C24H28N4O. The fourth-order valence-corrected chi connectivity index (χ4v) is 4.04. The summed E-state index contributed by atoms with van der Waals surface area (Å²) in [6.45, 7) is 7.02. The minimum absolute atomic E-state index is 0.0429. The Morgan fingerprint density at radius 3 is 2.90 bits per heavy atom. The zero-order valence-electron chi connectivity index (χ0n) is 17.4. The highest BCUT2D eigenvalue weighted by Crippen LogP contribution is 2.31. The largest absolute Gasteiger partial charge is 0.354 e. The molecular weight excluding hydrogens is 360 g/mol. The van der Waals surface area contributed by atoms with E-state index < -0.39 is 0 Å².